The summed E-state index contributed by atoms with van der Waals surface area (Å²) in [6.07, 6.45) is 7.13. The van der Waals surface area contributed by atoms with Crippen molar-refractivity contribution in [3.05, 3.63) is 60.0 Å². The molecule has 274 valence electrons. The summed E-state index contributed by atoms with van der Waals surface area (Å²) in [6.45, 7) is 13.5. The summed E-state index contributed by atoms with van der Waals surface area (Å²) < 4.78 is 5.49. The Morgan fingerprint density at radius 3 is 2.04 bits per heavy atom. The van der Waals surface area contributed by atoms with Crippen molar-refractivity contribution in [3.63, 3.8) is 0 Å². The number of aromatic amines is 1. The first kappa shape index (κ1) is 40.0. The highest BCUT2D eigenvalue weighted by Gasteiger charge is 2.38. The fourth-order valence-electron chi connectivity index (χ4n) is 6.47. The molecule has 2 aromatic rings. The van der Waals surface area contributed by atoms with Gasteiger partial charge in [-0.3, -0.25) is 33.8 Å². The first-order valence-electron chi connectivity index (χ1n) is 17.5. The van der Waals surface area contributed by atoms with Gasteiger partial charge in [0.05, 0.1) is 13.2 Å². The Balaban J connectivity index is 1.71. The Bertz CT molecular complexity index is 1570. The second-order valence-corrected chi connectivity index (χ2v) is 14.6. The van der Waals surface area contributed by atoms with Gasteiger partial charge in [-0.05, 0) is 63.2 Å². The van der Waals surface area contributed by atoms with E-state index in [-0.39, 0.29) is 23.7 Å². The van der Waals surface area contributed by atoms with E-state index in [9.17, 15) is 24.0 Å². The average molecular weight is 693 g/mol. The molecule has 1 aromatic heterocycles. The highest BCUT2D eigenvalue weighted by Crippen LogP contribution is 2.28. The van der Waals surface area contributed by atoms with Crippen molar-refractivity contribution in [3.8, 4) is 0 Å². The van der Waals surface area contributed by atoms with Crippen molar-refractivity contribution in [2.75, 3.05) is 21.2 Å². The fourth-order valence-corrected chi connectivity index (χ4v) is 6.47. The number of benzene rings is 1. The van der Waals surface area contributed by atoms with Crippen LogP contribution in [-0.2, 0) is 35.1 Å². The van der Waals surface area contributed by atoms with Gasteiger partial charge in [0.25, 0.3) is 11.8 Å². The normalized spacial score (nSPS) is 17.4. The number of nitrogens with zero attached hydrogens (tertiary/aromatic N) is 2. The molecular weight excluding hydrogens is 636 g/mol. The highest BCUT2D eigenvalue weighted by molar-refractivity contribution is 6.08. The summed E-state index contributed by atoms with van der Waals surface area (Å²) in [5.74, 6) is -1.50. The lowest BCUT2D eigenvalue weighted by Gasteiger charge is -2.30. The van der Waals surface area contributed by atoms with E-state index >= 15 is 0 Å². The monoisotopic (exact) mass is 692 g/mol. The van der Waals surface area contributed by atoms with Crippen LogP contribution in [0.2, 0.25) is 0 Å². The lowest BCUT2D eigenvalue weighted by molar-refractivity contribution is -0.139. The van der Waals surface area contributed by atoms with Crippen LogP contribution in [0, 0.1) is 17.8 Å². The molecule has 5 amide bonds. The molecule has 0 unspecified atom stereocenters. The standard InChI is InChI=1S/C38H56N6O6/c1-22(2)17-29(41-37(48)30(18-23(3)4)42-38(49)35(24(5)6)43(8)9)36(47)40-25(7)15-16-33(45)44-31(32(50-10)20-34(44)46)19-26-21-39-28-14-12-11-13-27(26)28/h11-16,20-25,29-31,35,39H,17-19H2,1-10H3,(H,40,47)(H,41,48)(H,42,49)/b16-15+/t25-,29-,30-,31-,35-/m0/s1. The minimum absolute atomic E-state index is 0.0286. The van der Waals surface area contributed by atoms with E-state index in [0.29, 0.717) is 25.0 Å². The van der Waals surface area contributed by atoms with Crippen LogP contribution in [0.25, 0.3) is 10.9 Å². The van der Waals surface area contributed by atoms with E-state index in [0.717, 1.165) is 21.4 Å². The van der Waals surface area contributed by atoms with Crippen LogP contribution in [0.15, 0.2) is 54.4 Å². The number of carbonyl (C=O) groups is 5. The predicted octanol–water partition coefficient (Wildman–Crippen LogP) is 3.69. The Labute approximate surface area is 296 Å². The Hall–Kier alpha value is -4.45. The smallest absolute Gasteiger partial charge is 0.257 e. The van der Waals surface area contributed by atoms with Crippen LogP contribution >= 0.6 is 0 Å². The molecule has 50 heavy (non-hydrogen) atoms. The Morgan fingerprint density at radius 1 is 0.900 bits per heavy atom. The van der Waals surface area contributed by atoms with Gasteiger partial charge >= 0.3 is 0 Å². The highest BCUT2D eigenvalue weighted by atomic mass is 16.5. The van der Waals surface area contributed by atoms with Crippen LogP contribution in [-0.4, -0.2) is 95.7 Å². The molecule has 0 radical (unpaired) electrons. The topological polar surface area (TPSA) is 153 Å². The van der Waals surface area contributed by atoms with Gasteiger partial charge in [0.15, 0.2) is 0 Å². The quantitative estimate of drug-likeness (QED) is 0.185. The molecule has 12 nitrogen and oxygen atoms in total. The number of para-hydroxylation sites is 1. The maximum Gasteiger partial charge on any atom is 0.257 e. The SMILES string of the molecule is COC1=CC(=O)N(C(=O)/C=C/[C@H](C)NC(=O)[C@H](CC(C)C)NC(=O)[C@H](CC(C)C)NC(=O)[C@H](C(C)C)N(C)C)[C@H]1Cc1c[nH]c2ccccc12. The predicted molar refractivity (Wildman–Crippen MR) is 195 cm³/mol. The van der Waals surface area contributed by atoms with E-state index in [1.807, 2.05) is 91.0 Å². The molecule has 0 bridgehead atoms. The molecule has 0 fully saturated rings. The molecule has 1 aromatic carbocycles. The third kappa shape index (κ3) is 10.5. The number of fused-ring (bicyclic) bond motifs is 1. The van der Waals surface area contributed by atoms with Gasteiger partial charge in [0.2, 0.25) is 17.7 Å². The molecule has 5 atom stereocenters. The molecule has 12 heteroatoms. The van der Waals surface area contributed by atoms with E-state index < -0.39 is 53.8 Å². The summed E-state index contributed by atoms with van der Waals surface area (Å²) in [5.41, 5.74) is 1.89. The van der Waals surface area contributed by atoms with Crippen molar-refractivity contribution < 1.29 is 28.7 Å². The lowest BCUT2D eigenvalue weighted by Crippen LogP contribution is -2.57. The van der Waals surface area contributed by atoms with Crippen LogP contribution < -0.4 is 16.0 Å². The number of hydrogen-bond acceptors (Lipinski definition) is 7. The zero-order valence-electron chi connectivity index (χ0n) is 31.2. The van der Waals surface area contributed by atoms with Crippen molar-refractivity contribution in [1.82, 2.24) is 30.7 Å². The zero-order valence-corrected chi connectivity index (χ0v) is 31.2. The molecule has 3 rings (SSSR count). The molecule has 0 saturated heterocycles. The van der Waals surface area contributed by atoms with Crippen molar-refractivity contribution >= 4 is 40.4 Å². The number of nitrogens with one attached hydrogen (secondary N) is 4. The lowest BCUT2D eigenvalue weighted by atomic mass is 9.98. The van der Waals surface area contributed by atoms with Gasteiger partial charge in [-0.1, -0.05) is 65.8 Å². The summed E-state index contributed by atoms with van der Waals surface area (Å²) in [6, 6.07) is 4.46. The van der Waals surface area contributed by atoms with Gasteiger partial charge in [0.1, 0.15) is 23.9 Å². The molecule has 4 N–H and O–H groups in total. The Morgan fingerprint density at radius 2 is 1.48 bits per heavy atom. The molecular formula is C38H56N6O6. The maximum atomic E-state index is 13.6. The zero-order chi connectivity index (χ0) is 37.3. The number of H-pyrrole nitrogens is 1. The van der Waals surface area contributed by atoms with Crippen molar-refractivity contribution in [2.24, 2.45) is 17.8 Å². The largest absolute Gasteiger partial charge is 0.499 e. The molecule has 0 saturated carbocycles. The second-order valence-electron chi connectivity index (χ2n) is 14.6. The first-order valence-corrected chi connectivity index (χ1v) is 17.5. The molecule has 1 aliphatic heterocycles. The number of aromatic nitrogens is 1. The Kier molecular flexibility index (Phi) is 14.4. The summed E-state index contributed by atoms with van der Waals surface area (Å²) in [7, 11) is 5.13. The van der Waals surface area contributed by atoms with E-state index in [2.05, 4.69) is 20.9 Å². The molecule has 0 spiro atoms. The van der Waals surface area contributed by atoms with Crippen molar-refractivity contribution in [1.29, 1.82) is 0 Å². The summed E-state index contributed by atoms with van der Waals surface area (Å²) >= 11 is 0. The van der Waals surface area contributed by atoms with Gasteiger partial charge in [-0.25, -0.2) is 0 Å². The summed E-state index contributed by atoms with van der Waals surface area (Å²) in [5, 5.41) is 9.67. The number of imide groups is 1. The van der Waals surface area contributed by atoms with Crippen LogP contribution in [0.5, 0.6) is 0 Å². The van der Waals surface area contributed by atoms with Crippen LogP contribution in [0.4, 0.5) is 0 Å². The van der Waals surface area contributed by atoms with E-state index in [1.165, 1.54) is 25.3 Å². The minimum Gasteiger partial charge on any atom is -0.499 e. The number of likely N-dealkylation sites (N-methyl/N-ethyl adjacent to an activating group) is 1. The molecule has 0 aliphatic carbocycles. The second kappa shape index (κ2) is 18.0. The maximum absolute atomic E-state index is 13.6. The third-order valence-corrected chi connectivity index (χ3v) is 8.74. The van der Waals surface area contributed by atoms with Gasteiger partial charge in [-0.2, -0.15) is 0 Å². The van der Waals surface area contributed by atoms with E-state index in [4.69, 9.17) is 4.74 Å². The van der Waals surface area contributed by atoms with Gasteiger partial charge in [-0.15, -0.1) is 0 Å². The van der Waals surface area contributed by atoms with Crippen LogP contribution in [0.1, 0.15) is 66.9 Å². The van der Waals surface area contributed by atoms with Crippen molar-refractivity contribution in [2.45, 2.75) is 97.9 Å². The molecule has 2 heterocycles. The number of methoxy groups -OCH3 is 1. The van der Waals surface area contributed by atoms with Crippen LogP contribution in [0.3, 0.4) is 0 Å². The number of rotatable bonds is 17. The number of hydrogen-bond donors (Lipinski definition) is 4. The first-order chi connectivity index (χ1) is 23.5. The number of carbonyl (C=O) groups excluding carboxylic acids is 5. The average Bonchev–Trinajstić information content (AvgIpc) is 3.58. The number of amides is 5. The minimum atomic E-state index is -0.871. The van der Waals surface area contributed by atoms with E-state index in [1.54, 1.807) is 6.92 Å². The van der Waals surface area contributed by atoms with Gasteiger partial charge < -0.3 is 25.7 Å². The fraction of sp³-hybridized carbons (Fsp3) is 0.553. The molecule has 1 aliphatic rings. The third-order valence-electron chi connectivity index (χ3n) is 8.74. The summed E-state index contributed by atoms with van der Waals surface area (Å²) in [4.78, 5) is 72.9. The number of ether oxygens (including phenoxy) is 1. The van der Waals surface area contributed by atoms with Gasteiger partial charge in [0, 0.05) is 41.7 Å².